The normalized spacial score (nSPS) is 25.6. The van der Waals surface area contributed by atoms with Gasteiger partial charge in [-0.05, 0) is 116 Å². The first-order valence-electron chi connectivity index (χ1n) is 17.5. The first-order chi connectivity index (χ1) is 25.1. The molecule has 0 radical (unpaired) electrons. The average molecular weight is 755 g/mol. The second kappa shape index (κ2) is 13.4. The summed E-state index contributed by atoms with van der Waals surface area (Å²) < 4.78 is 117. The van der Waals surface area contributed by atoms with Crippen LogP contribution >= 0.6 is 0 Å². The summed E-state index contributed by atoms with van der Waals surface area (Å²) in [7, 11) is -4.35. The van der Waals surface area contributed by atoms with Gasteiger partial charge in [-0.2, -0.15) is 13.2 Å². The van der Waals surface area contributed by atoms with E-state index in [0.717, 1.165) is 30.3 Å². The van der Waals surface area contributed by atoms with Crippen molar-refractivity contribution < 1.29 is 49.1 Å². The Kier molecular flexibility index (Phi) is 9.36. The van der Waals surface area contributed by atoms with Crippen LogP contribution in [0.25, 0.3) is 0 Å². The fourth-order valence-corrected chi connectivity index (χ4v) is 12.0. The number of hydrogen-bond donors (Lipinski definition) is 0. The van der Waals surface area contributed by atoms with Crippen LogP contribution in [0.3, 0.4) is 0 Å². The molecule has 4 aromatic rings. The van der Waals surface area contributed by atoms with Gasteiger partial charge in [0.1, 0.15) is 46.1 Å². The molecule has 0 amide bonds. The number of benzene rings is 4. The van der Waals surface area contributed by atoms with Crippen LogP contribution < -0.4 is 4.74 Å². The predicted molar refractivity (Wildman–Crippen MR) is 183 cm³/mol. The molecule has 5 nitrogen and oxygen atoms in total. The molecule has 0 aromatic heterocycles. The van der Waals surface area contributed by atoms with Gasteiger partial charge < -0.3 is 4.74 Å². The Morgan fingerprint density at radius 3 is 2.23 bits per heavy atom. The minimum atomic E-state index is -4.81. The lowest BCUT2D eigenvalue weighted by molar-refractivity contribution is -0.138. The summed E-state index contributed by atoms with van der Waals surface area (Å²) in [5.74, 6) is -4.32. The van der Waals surface area contributed by atoms with E-state index >= 15 is 8.42 Å². The number of sulfone groups is 1. The molecule has 0 heterocycles. The first kappa shape index (κ1) is 36.9. The standard InChI is InChI=1S/C41H36F6O5S/c1-39-19-17-25-22-28(52-23-32-34(41(45,46)47)3-2-4-36(32)44)11-15-33(25)40(39,53(50,51)29-12-9-27(43)10-13-29)20-18-35(39)38(49)30-14-16-37(48)31(30)21-24-5-7-26(42)8-6-24/h2-13,15,22,30-31,35H,14,16-21,23H2,1H3/t30-,31?,35?,39+,40-/m1/s1. The lowest BCUT2D eigenvalue weighted by Crippen LogP contribution is -2.53. The molecular weight excluding hydrogens is 719 g/mol. The molecule has 0 saturated heterocycles. The third-order valence-electron chi connectivity index (χ3n) is 12.0. The summed E-state index contributed by atoms with van der Waals surface area (Å²) in [6, 6.07) is 17.5. The molecule has 3 aliphatic rings. The number of alkyl halides is 3. The van der Waals surface area contributed by atoms with Gasteiger partial charge in [-0.3, -0.25) is 9.59 Å². The highest BCUT2D eigenvalue weighted by Crippen LogP contribution is 2.67. The average Bonchev–Trinajstić information content (AvgIpc) is 3.65. The topological polar surface area (TPSA) is 77.5 Å². The van der Waals surface area contributed by atoms with E-state index in [9.17, 15) is 35.9 Å². The molecule has 7 rings (SSSR count). The van der Waals surface area contributed by atoms with E-state index in [1.54, 1.807) is 31.2 Å². The van der Waals surface area contributed by atoms with E-state index < -0.39 is 79.1 Å². The van der Waals surface area contributed by atoms with Crippen LogP contribution in [0.1, 0.15) is 66.8 Å². The molecular formula is C41H36F6O5S. The van der Waals surface area contributed by atoms with Crippen LogP contribution in [0, 0.1) is 40.6 Å². The van der Waals surface area contributed by atoms with Crippen LogP contribution in [0.5, 0.6) is 5.75 Å². The molecule has 12 heteroatoms. The summed E-state index contributed by atoms with van der Waals surface area (Å²) in [6.07, 6.45) is -3.27. The van der Waals surface area contributed by atoms with Crippen molar-refractivity contribution in [3.8, 4) is 5.75 Å². The van der Waals surface area contributed by atoms with Crippen molar-refractivity contribution in [1.29, 1.82) is 0 Å². The Labute approximate surface area is 303 Å². The summed E-state index contributed by atoms with van der Waals surface area (Å²) in [6.45, 7) is 1.06. The quantitative estimate of drug-likeness (QED) is 0.126. The number of halogens is 6. The Bertz CT molecular complexity index is 2180. The third-order valence-corrected chi connectivity index (χ3v) is 14.7. The second-order valence-corrected chi connectivity index (χ2v) is 16.8. The number of aryl methyl sites for hydroxylation is 1. The van der Waals surface area contributed by atoms with Gasteiger partial charge in [-0.1, -0.05) is 31.2 Å². The van der Waals surface area contributed by atoms with Gasteiger partial charge in [0.15, 0.2) is 9.84 Å². The number of Topliss-reactive ketones (excluding diaryl/α,β-unsaturated/α-hetero) is 2. The van der Waals surface area contributed by atoms with Crippen molar-refractivity contribution in [1.82, 2.24) is 0 Å². The van der Waals surface area contributed by atoms with E-state index in [2.05, 4.69) is 0 Å². The highest BCUT2D eigenvalue weighted by atomic mass is 32.2. The van der Waals surface area contributed by atoms with E-state index in [4.69, 9.17) is 4.74 Å². The predicted octanol–water partition coefficient (Wildman–Crippen LogP) is 9.14. The summed E-state index contributed by atoms with van der Waals surface area (Å²) in [4.78, 5) is 27.7. The highest BCUT2D eigenvalue weighted by Gasteiger charge is 2.68. The van der Waals surface area contributed by atoms with E-state index in [0.29, 0.717) is 29.5 Å². The van der Waals surface area contributed by atoms with Crippen LogP contribution in [-0.2, 0) is 49.8 Å². The van der Waals surface area contributed by atoms with Gasteiger partial charge >= 0.3 is 6.18 Å². The Hall–Kier alpha value is -4.45. The third kappa shape index (κ3) is 6.16. The SMILES string of the molecule is C[C@@]12CCc3cc(OCc4c(F)cccc4C(F)(F)F)ccc3[C@]1(S(=O)(=O)c1ccc(F)cc1)CCC2C(=O)[C@@H]1CCC(=O)C1Cc1ccc(F)cc1. The van der Waals surface area contributed by atoms with Crippen molar-refractivity contribution in [2.45, 2.75) is 74.3 Å². The molecule has 278 valence electrons. The molecule has 2 fully saturated rings. The Balaban J connectivity index is 1.26. The van der Waals surface area contributed by atoms with Gasteiger partial charge in [0.2, 0.25) is 0 Å². The number of hydrogen-bond acceptors (Lipinski definition) is 5. The number of rotatable bonds is 9. The van der Waals surface area contributed by atoms with E-state index in [-0.39, 0.29) is 54.3 Å². The zero-order valence-corrected chi connectivity index (χ0v) is 29.5. The van der Waals surface area contributed by atoms with Crippen molar-refractivity contribution >= 4 is 21.4 Å². The van der Waals surface area contributed by atoms with E-state index in [1.165, 1.54) is 30.3 Å². The Morgan fingerprint density at radius 1 is 0.868 bits per heavy atom. The van der Waals surface area contributed by atoms with Gasteiger partial charge in [-0.25, -0.2) is 21.6 Å². The van der Waals surface area contributed by atoms with Crippen molar-refractivity contribution in [3.05, 3.63) is 130 Å². The number of ketones is 2. The number of carbonyl (C=O) groups is 2. The number of ether oxygens (including phenoxy) is 1. The fourth-order valence-electron chi connectivity index (χ4n) is 9.33. The molecule has 0 bridgehead atoms. The van der Waals surface area contributed by atoms with Crippen LogP contribution in [0.15, 0.2) is 89.8 Å². The maximum absolute atomic E-state index is 15.0. The van der Waals surface area contributed by atoms with E-state index in [1.807, 2.05) is 0 Å². The van der Waals surface area contributed by atoms with Gasteiger partial charge in [0, 0.05) is 35.2 Å². The molecule has 2 unspecified atom stereocenters. The van der Waals surface area contributed by atoms with Crippen molar-refractivity contribution in [2.24, 2.45) is 23.2 Å². The maximum Gasteiger partial charge on any atom is 0.416 e. The second-order valence-electron chi connectivity index (χ2n) is 14.6. The zero-order chi connectivity index (χ0) is 37.9. The van der Waals surface area contributed by atoms with Gasteiger partial charge in [0.25, 0.3) is 0 Å². The van der Waals surface area contributed by atoms with Gasteiger partial charge in [0.05, 0.1) is 10.5 Å². The lowest BCUT2D eigenvalue weighted by atomic mass is 9.60. The molecule has 4 aromatic carbocycles. The molecule has 2 saturated carbocycles. The van der Waals surface area contributed by atoms with Crippen LogP contribution in [0.2, 0.25) is 0 Å². The minimum absolute atomic E-state index is 0.0419. The largest absolute Gasteiger partial charge is 0.489 e. The molecule has 53 heavy (non-hydrogen) atoms. The molecule has 3 aliphatic carbocycles. The molecule has 0 spiro atoms. The van der Waals surface area contributed by atoms with Crippen LogP contribution in [0.4, 0.5) is 26.3 Å². The summed E-state index contributed by atoms with van der Waals surface area (Å²) >= 11 is 0. The number of fused-ring (bicyclic) bond motifs is 3. The van der Waals surface area contributed by atoms with Crippen molar-refractivity contribution in [2.75, 3.05) is 0 Å². The fraction of sp³-hybridized carbons (Fsp3) is 0.366. The summed E-state index contributed by atoms with van der Waals surface area (Å²) in [5.41, 5.74) is -1.33. The maximum atomic E-state index is 15.0. The summed E-state index contributed by atoms with van der Waals surface area (Å²) in [5, 5.41) is 0. The lowest BCUT2D eigenvalue weighted by Gasteiger charge is -2.50. The minimum Gasteiger partial charge on any atom is -0.489 e. The Morgan fingerprint density at radius 2 is 1.55 bits per heavy atom. The van der Waals surface area contributed by atoms with Gasteiger partial charge in [-0.15, -0.1) is 0 Å². The number of carbonyl (C=O) groups excluding carboxylic acids is 2. The zero-order valence-electron chi connectivity index (χ0n) is 28.7. The monoisotopic (exact) mass is 754 g/mol. The van der Waals surface area contributed by atoms with Crippen LogP contribution in [-0.4, -0.2) is 20.0 Å². The molecule has 0 aliphatic heterocycles. The first-order valence-corrected chi connectivity index (χ1v) is 19.0. The smallest absolute Gasteiger partial charge is 0.416 e. The highest BCUT2D eigenvalue weighted by molar-refractivity contribution is 7.92. The van der Waals surface area contributed by atoms with Crippen molar-refractivity contribution in [3.63, 3.8) is 0 Å². The molecule has 0 N–H and O–H groups in total. The molecule has 5 atom stereocenters.